The third-order valence-corrected chi connectivity index (χ3v) is 3.73. The summed E-state index contributed by atoms with van der Waals surface area (Å²) in [5.41, 5.74) is 3.54. The van der Waals surface area contributed by atoms with Gasteiger partial charge in [-0.3, -0.25) is 4.68 Å². The van der Waals surface area contributed by atoms with E-state index in [1.54, 1.807) is 6.33 Å². The van der Waals surface area contributed by atoms with Gasteiger partial charge in [-0.1, -0.05) is 6.92 Å². The van der Waals surface area contributed by atoms with E-state index in [-0.39, 0.29) is 0 Å². The molecule has 2 aromatic heterocycles. The van der Waals surface area contributed by atoms with E-state index in [1.165, 1.54) is 11.3 Å². The van der Waals surface area contributed by atoms with Crippen molar-refractivity contribution >= 4 is 0 Å². The van der Waals surface area contributed by atoms with Gasteiger partial charge in [-0.25, -0.2) is 9.67 Å². The molecule has 0 fully saturated rings. The summed E-state index contributed by atoms with van der Waals surface area (Å²) < 4.78 is 3.98. The van der Waals surface area contributed by atoms with Crippen molar-refractivity contribution in [2.75, 3.05) is 7.05 Å². The molecule has 0 aliphatic rings. The van der Waals surface area contributed by atoms with E-state index in [4.69, 9.17) is 0 Å². The number of hydrogen-bond acceptors (Lipinski definition) is 4. The summed E-state index contributed by atoms with van der Waals surface area (Å²) in [6.07, 6.45) is 2.67. The van der Waals surface area contributed by atoms with Crippen molar-refractivity contribution in [1.82, 2.24) is 29.9 Å². The highest BCUT2D eigenvalue weighted by molar-refractivity contribution is 5.28. The lowest BCUT2D eigenvalue weighted by Crippen LogP contribution is -2.15. The molecule has 0 aromatic carbocycles. The number of nitrogens with zero attached hydrogens (tertiary/aromatic N) is 5. The van der Waals surface area contributed by atoms with Crippen LogP contribution in [-0.2, 0) is 13.1 Å². The molecule has 0 saturated carbocycles. The molecule has 1 atom stereocenters. The molecule has 2 rings (SSSR count). The molecule has 2 aromatic rings. The van der Waals surface area contributed by atoms with Crippen LogP contribution in [0.4, 0.5) is 0 Å². The zero-order chi connectivity index (χ0) is 14.7. The minimum absolute atomic E-state index is 0.303. The third-order valence-electron chi connectivity index (χ3n) is 3.73. The minimum atomic E-state index is 0.303. The van der Waals surface area contributed by atoms with Gasteiger partial charge in [-0.2, -0.15) is 10.2 Å². The molecule has 0 radical (unpaired) electrons. The fourth-order valence-corrected chi connectivity index (χ4v) is 2.58. The van der Waals surface area contributed by atoms with Crippen molar-refractivity contribution in [2.24, 2.45) is 0 Å². The average molecular weight is 276 g/mol. The van der Waals surface area contributed by atoms with Crippen LogP contribution >= 0.6 is 0 Å². The predicted octanol–water partition coefficient (Wildman–Crippen LogP) is 1.83. The van der Waals surface area contributed by atoms with Crippen molar-refractivity contribution in [1.29, 1.82) is 0 Å². The zero-order valence-electron chi connectivity index (χ0n) is 13.0. The lowest BCUT2D eigenvalue weighted by molar-refractivity contribution is 0.532. The van der Waals surface area contributed by atoms with Crippen LogP contribution in [-0.4, -0.2) is 31.6 Å². The Labute approximate surface area is 120 Å². The van der Waals surface area contributed by atoms with Gasteiger partial charge in [0.05, 0.1) is 5.69 Å². The Hall–Kier alpha value is -1.69. The normalized spacial score (nSPS) is 12.8. The summed E-state index contributed by atoms with van der Waals surface area (Å²) >= 11 is 0. The van der Waals surface area contributed by atoms with Gasteiger partial charge < -0.3 is 5.32 Å². The Morgan fingerprint density at radius 3 is 2.70 bits per heavy atom. The van der Waals surface area contributed by atoms with Crippen LogP contribution in [0.2, 0.25) is 0 Å². The predicted molar refractivity (Wildman–Crippen MR) is 78.6 cm³/mol. The fourth-order valence-electron chi connectivity index (χ4n) is 2.58. The fraction of sp³-hybridized carbons (Fsp3) is 0.643. The smallest absolute Gasteiger partial charge is 0.148 e. The maximum absolute atomic E-state index is 4.65. The second-order valence-corrected chi connectivity index (χ2v) is 5.15. The van der Waals surface area contributed by atoms with E-state index in [1.807, 2.05) is 16.4 Å². The molecule has 0 saturated heterocycles. The highest BCUT2D eigenvalue weighted by Crippen LogP contribution is 2.21. The van der Waals surface area contributed by atoms with Gasteiger partial charge in [-0.15, -0.1) is 0 Å². The molecule has 1 N–H and O–H groups in total. The molecule has 0 bridgehead atoms. The van der Waals surface area contributed by atoms with Crippen LogP contribution in [0.5, 0.6) is 0 Å². The first kappa shape index (κ1) is 14.7. The summed E-state index contributed by atoms with van der Waals surface area (Å²) in [5, 5.41) is 12.2. The molecule has 6 nitrogen and oxygen atoms in total. The number of hydrogen-bond donors (Lipinski definition) is 1. The largest absolute Gasteiger partial charge is 0.313 e. The van der Waals surface area contributed by atoms with E-state index >= 15 is 0 Å². The Bertz CT molecular complexity index is 568. The molecular formula is C14H24N6. The van der Waals surface area contributed by atoms with Crippen LogP contribution in [0.25, 0.3) is 0 Å². The number of nitrogens with one attached hydrogen (secondary N) is 1. The van der Waals surface area contributed by atoms with Gasteiger partial charge >= 0.3 is 0 Å². The Morgan fingerprint density at radius 2 is 2.05 bits per heavy atom. The highest BCUT2D eigenvalue weighted by atomic mass is 15.4. The Morgan fingerprint density at radius 1 is 1.30 bits per heavy atom. The summed E-state index contributed by atoms with van der Waals surface area (Å²) in [5.74, 6) is 0.959. The van der Waals surface area contributed by atoms with Gasteiger partial charge in [0.1, 0.15) is 18.7 Å². The summed E-state index contributed by atoms with van der Waals surface area (Å²) in [4.78, 5) is 4.35. The number of aryl methyl sites for hydroxylation is 2. The quantitative estimate of drug-likeness (QED) is 0.874. The van der Waals surface area contributed by atoms with Crippen LogP contribution in [0, 0.1) is 13.8 Å². The van der Waals surface area contributed by atoms with Crippen LogP contribution < -0.4 is 5.32 Å². The number of rotatable bonds is 6. The molecule has 0 aliphatic carbocycles. The van der Waals surface area contributed by atoms with E-state index in [0.717, 1.165) is 24.5 Å². The van der Waals surface area contributed by atoms with Crippen molar-refractivity contribution < 1.29 is 0 Å². The minimum Gasteiger partial charge on any atom is -0.313 e. The van der Waals surface area contributed by atoms with Crippen LogP contribution in [0.3, 0.4) is 0 Å². The van der Waals surface area contributed by atoms with Crippen LogP contribution in [0.15, 0.2) is 6.33 Å². The molecule has 0 amide bonds. The maximum atomic E-state index is 4.65. The van der Waals surface area contributed by atoms with E-state index < -0.39 is 0 Å². The topological polar surface area (TPSA) is 60.6 Å². The SMILES string of the molecule is CCCn1ncnc1Cn1nc(C)c(C(C)NC)c1C. The molecule has 110 valence electrons. The van der Waals surface area contributed by atoms with Gasteiger partial charge in [0.25, 0.3) is 0 Å². The second-order valence-electron chi connectivity index (χ2n) is 5.15. The van der Waals surface area contributed by atoms with Crippen molar-refractivity contribution in [2.45, 2.75) is 53.2 Å². The summed E-state index contributed by atoms with van der Waals surface area (Å²) in [7, 11) is 1.97. The monoisotopic (exact) mass is 276 g/mol. The summed E-state index contributed by atoms with van der Waals surface area (Å²) in [6, 6.07) is 0.303. The van der Waals surface area contributed by atoms with Crippen molar-refractivity contribution in [3.63, 3.8) is 0 Å². The maximum Gasteiger partial charge on any atom is 0.148 e. The third kappa shape index (κ3) is 2.75. The molecule has 2 heterocycles. The van der Waals surface area contributed by atoms with E-state index in [2.05, 4.69) is 48.2 Å². The molecule has 20 heavy (non-hydrogen) atoms. The first-order chi connectivity index (χ1) is 9.58. The number of aromatic nitrogens is 5. The average Bonchev–Trinajstić information content (AvgIpc) is 2.96. The van der Waals surface area contributed by atoms with Gasteiger partial charge in [0.15, 0.2) is 0 Å². The zero-order valence-corrected chi connectivity index (χ0v) is 13.0. The molecule has 1 unspecified atom stereocenters. The molecular weight excluding hydrogens is 252 g/mol. The second kappa shape index (κ2) is 6.17. The van der Waals surface area contributed by atoms with Crippen molar-refractivity contribution in [3.8, 4) is 0 Å². The summed E-state index contributed by atoms with van der Waals surface area (Å²) in [6.45, 7) is 10.0. The van der Waals surface area contributed by atoms with Gasteiger partial charge in [0, 0.05) is 23.8 Å². The first-order valence-electron chi connectivity index (χ1n) is 7.16. The molecule has 0 spiro atoms. The van der Waals surface area contributed by atoms with E-state index in [9.17, 15) is 0 Å². The van der Waals surface area contributed by atoms with Crippen molar-refractivity contribution in [3.05, 3.63) is 29.1 Å². The van der Waals surface area contributed by atoms with Gasteiger partial charge in [-0.05, 0) is 34.2 Å². The van der Waals surface area contributed by atoms with Crippen LogP contribution in [0.1, 0.15) is 49.1 Å². The molecule has 6 heteroatoms. The Balaban J connectivity index is 2.28. The van der Waals surface area contributed by atoms with E-state index in [0.29, 0.717) is 12.6 Å². The standard InChI is InChI=1S/C14H24N6/c1-6-7-19-13(16-9-17-19)8-20-12(4)14(10(2)15-5)11(3)18-20/h9-10,15H,6-8H2,1-5H3. The Kier molecular flexibility index (Phi) is 4.54. The lowest BCUT2D eigenvalue weighted by Gasteiger charge is -2.11. The first-order valence-corrected chi connectivity index (χ1v) is 7.16. The van der Waals surface area contributed by atoms with Gasteiger partial charge in [0.2, 0.25) is 0 Å². The molecule has 0 aliphatic heterocycles. The lowest BCUT2D eigenvalue weighted by atomic mass is 10.1. The highest BCUT2D eigenvalue weighted by Gasteiger charge is 2.17.